The molecule has 0 aliphatic rings. The minimum atomic E-state index is -0.264. The van der Waals surface area contributed by atoms with Crippen molar-refractivity contribution in [1.29, 1.82) is 0 Å². The monoisotopic (exact) mass is 445 g/mol. The van der Waals surface area contributed by atoms with Crippen molar-refractivity contribution >= 4 is 22.9 Å². The first-order valence-electron chi connectivity index (χ1n) is 10.1. The molecule has 0 aliphatic carbocycles. The van der Waals surface area contributed by atoms with Crippen LogP contribution in [0.4, 0.5) is 5.69 Å². The minimum Gasteiger partial charge on any atom is -0.431 e. The molecule has 0 saturated carbocycles. The number of hydrogen-bond donors (Lipinski definition) is 2. The lowest BCUT2D eigenvalue weighted by molar-refractivity contribution is 0.0939. The van der Waals surface area contributed by atoms with Crippen molar-refractivity contribution in [3.05, 3.63) is 82.9 Å². The molecule has 0 bridgehead atoms. The topological polar surface area (TPSA) is 103 Å². The molecule has 1 atom stereocenters. The Labute approximate surface area is 190 Å². The van der Waals surface area contributed by atoms with E-state index in [1.165, 1.54) is 11.3 Å². The summed E-state index contributed by atoms with van der Waals surface area (Å²) >= 11 is 1.38. The second-order valence-corrected chi connectivity index (χ2v) is 8.35. The van der Waals surface area contributed by atoms with Crippen LogP contribution in [0.25, 0.3) is 11.1 Å². The number of nitrogens with two attached hydrogens (primary N) is 1. The number of carbonyl (C=O) groups excluding carboxylic acids is 1. The lowest BCUT2D eigenvalue weighted by Crippen LogP contribution is -2.27. The molecule has 7 nitrogen and oxygen atoms in total. The van der Waals surface area contributed by atoms with Crippen LogP contribution in [0.15, 0.2) is 60.4 Å². The van der Waals surface area contributed by atoms with Gasteiger partial charge < -0.3 is 15.8 Å². The summed E-state index contributed by atoms with van der Waals surface area (Å²) < 4.78 is 5.90. The standard InChI is InChI=1S/C24H23N5O2S/c1-14-4-5-21(22(25)8-14)17-9-18(11-20(10-17)31-24-26-6-7-32-24)23(30)29-15(2)19-12-27-16(3)28-13-19/h4-13,15H,25H2,1-3H3,(H,29,30)/t15-/m1/s1. The van der Waals surface area contributed by atoms with Crippen molar-refractivity contribution < 1.29 is 9.53 Å². The summed E-state index contributed by atoms with van der Waals surface area (Å²) in [5.41, 5.74) is 10.9. The molecule has 3 N–H and O–H groups in total. The van der Waals surface area contributed by atoms with E-state index in [4.69, 9.17) is 10.5 Å². The third kappa shape index (κ3) is 4.92. The maximum absolute atomic E-state index is 13.1. The van der Waals surface area contributed by atoms with E-state index in [9.17, 15) is 4.79 Å². The van der Waals surface area contributed by atoms with Crippen LogP contribution in [0.1, 0.15) is 40.3 Å². The highest BCUT2D eigenvalue weighted by atomic mass is 32.1. The molecule has 0 fully saturated rings. The third-order valence-electron chi connectivity index (χ3n) is 4.95. The zero-order chi connectivity index (χ0) is 22.7. The van der Waals surface area contributed by atoms with Crippen LogP contribution in [-0.2, 0) is 0 Å². The Morgan fingerprint density at radius 2 is 1.88 bits per heavy atom. The van der Waals surface area contributed by atoms with Gasteiger partial charge in [-0.15, -0.1) is 0 Å². The van der Waals surface area contributed by atoms with Gasteiger partial charge in [0.15, 0.2) is 0 Å². The van der Waals surface area contributed by atoms with Crippen LogP contribution < -0.4 is 15.8 Å². The number of hydrogen-bond acceptors (Lipinski definition) is 7. The number of carbonyl (C=O) groups is 1. The molecule has 0 spiro atoms. The van der Waals surface area contributed by atoms with E-state index in [1.807, 2.05) is 56.5 Å². The van der Waals surface area contributed by atoms with Gasteiger partial charge >= 0.3 is 0 Å². The number of anilines is 1. The summed E-state index contributed by atoms with van der Waals surface area (Å²) in [5, 5.41) is 5.33. The molecule has 1 amide bonds. The summed E-state index contributed by atoms with van der Waals surface area (Å²) in [4.78, 5) is 25.7. The Hall–Kier alpha value is -3.78. The van der Waals surface area contributed by atoms with Gasteiger partial charge in [0.05, 0.1) is 6.04 Å². The molecule has 8 heteroatoms. The van der Waals surface area contributed by atoms with E-state index in [1.54, 1.807) is 24.7 Å². The number of nitrogens with one attached hydrogen (secondary N) is 1. The number of nitrogen functional groups attached to an aromatic ring is 1. The Morgan fingerprint density at radius 3 is 2.56 bits per heavy atom. The number of ether oxygens (including phenoxy) is 1. The van der Waals surface area contributed by atoms with Gasteiger partial charge in [0.25, 0.3) is 11.1 Å². The van der Waals surface area contributed by atoms with Crippen LogP contribution in [0.3, 0.4) is 0 Å². The normalized spacial score (nSPS) is 11.7. The molecule has 2 heterocycles. The summed E-state index contributed by atoms with van der Waals surface area (Å²) in [6.07, 6.45) is 5.10. The summed E-state index contributed by atoms with van der Waals surface area (Å²) in [6.45, 7) is 5.69. The minimum absolute atomic E-state index is 0.241. The number of nitrogens with zero attached hydrogens (tertiary/aromatic N) is 3. The number of aromatic nitrogens is 3. The van der Waals surface area contributed by atoms with Crippen molar-refractivity contribution in [2.45, 2.75) is 26.8 Å². The largest absolute Gasteiger partial charge is 0.431 e. The van der Waals surface area contributed by atoms with E-state index in [0.29, 0.717) is 28.0 Å². The summed E-state index contributed by atoms with van der Waals surface area (Å²) in [5.74, 6) is 0.947. The molecule has 0 saturated heterocycles. The first-order chi connectivity index (χ1) is 15.4. The SMILES string of the molecule is Cc1ccc(-c2cc(Oc3nccs3)cc(C(=O)N[C@H](C)c3cnc(C)nc3)c2)c(N)c1. The molecule has 2 aromatic heterocycles. The smallest absolute Gasteiger partial charge is 0.278 e. The van der Waals surface area contributed by atoms with Gasteiger partial charge in [-0.2, -0.15) is 0 Å². The summed E-state index contributed by atoms with van der Waals surface area (Å²) in [6, 6.07) is 10.9. The van der Waals surface area contributed by atoms with Gasteiger partial charge in [-0.3, -0.25) is 4.79 Å². The highest BCUT2D eigenvalue weighted by Gasteiger charge is 2.16. The van der Waals surface area contributed by atoms with Gasteiger partial charge in [-0.05, 0) is 56.2 Å². The molecule has 162 valence electrons. The van der Waals surface area contributed by atoms with Crippen molar-refractivity contribution in [2.24, 2.45) is 0 Å². The molecule has 2 aromatic carbocycles. The average Bonchev–Trinajstić information content (AvgIpc) is 3.27. The van der Waals surface area contributed by atoms with Gasteiger partial charge in [0, 0.05) is 46.3 Å². The molecule has 0 unspecified atom stereocenters. The quantitative estimate of drug-likeness (QED) is 0.401. The molecule has 0 radical (unpaired) electrons. The number of rotatable bonds is 6. The maximum Gasteiger partial charge on any atom is 0.278 e. The zero-order valence-electron chi connectivity index (χ0n) is 18.0. The van der Waals surface area contributed by atoms with Gasteiger partial charge in [-0.1, -0.05) is 23.5 Å². The predicted octanol–water partition coefficient (Wildman–Crippen LogP) is 5.08. The van der Waals surface area contributed by atoms with Crippen LogP contribution in [-0.4, -0.2) is 20.9 Å². The number of benzene rings is 2. The Balaban J connectivity index is 1.67. The third-order valence-corrected chi connectivity index (χ3v) is 5.60. The average molecular weight is 446 g/mol. The first-order valence-corrected chi connectivity index (χ1v) is 11.0. The molecule has 0 aliphatic heterocycles. The highest BCUT2D eigenvalue weighted by Crippen LogP contribution is 2.33. The van der Waals surface area contributed by atoms with Crippen LogP contribution >= 0.6 is 11.3 Å². The fourth-order valence-corrected chi connectivity index (χ4v) is 3.74. The molecular weight excluding hydrogens is 422 g/mol. The lowest BCUT2D eigenvalue weighted by atomic mass is 9.99. The molecule has 4 aromatic rings. The number of aryl methyl sites for hydroxylation is 2. The maximum atomic E-state index is 13.1. The van der Waals surface area contributed by atoms with Crippen LogP contribution in [0.2, 0.25) is 0 Å². The van der Waals surface area contributed by atoms with E-state index in [2.05, 4.69) is 20.3 Å². The van der Waals surface area contributed by atoms with Gasteiger partial charge in [0.1, 0.15) is 11.6 Å². The van der Waals surface area contributed by atoms with Crippen molar-refractivity contribution in [3.8, 4) is 22.1 Å². The van der Waals surface area contributed by atoms with Crippen molar-refractivity contribution in [2.75, 3.05) is 5.73 Å². The number of thiazole rings is 1. The molecule has 4 rings (SSSR count). The van der Waals surface area contributed by atoms with Gasteiger partial charge in [-0.25, -0.2) is 15.0 Å². The molecular formula is C24H23N5O2S. The van der Waals surface area contributed by atoms with E-state index >= 15 is 0 Å². The van der Waals surface area contributed by atoms with E-state index < -0.39 is 0 Å². The van der Waals surface area contributed by atoms with E-state index in [-0.39, 0.29) is 11.9 Å². The van der Waals surface area contributed by atoms with Crippen LogP contribution in [0, 0.1) is 13.8 Å². The Bertz CT molecular complexity index is 1240. The predicted molar refractivity (Wildman–Crippen MR) is 126 cm³/mol. The number of amides is 1. The van der Waals surface area contributed by atoms with Crippen LogP contribution in [0.5, 0.6) is 10.9 Å². The van der Waals surface area contributed by atoms with Crippen molar-refractivity contribution in [1.82, 2.24) is 20.3 Å². The first kappa shape index (κ1) is 21.5. The fourth-order valence-electron chi connectivity index (χ4n) is 3.24. The van der Waals surface area contributed by atoms with Crippen molar-refractivity contribution in [3.63, 3.8) is 0 Å². The Kier molecular flexibility index (Phi) is 6.13. The fraction of sp³-hybridized carbons (Fsp3) is 0.167. The zero-order valence-corrected chi connectivity index (χ0v) is 18.8. The second-order valence-electron chi connectivity index (χ2n) is 7.50. The van der Waals surface area contributed by atoms with E-state index in [0.717, 1.165) is 22.3 Å². The second kappa shape index (κ2) is 9.15. The molecule has 32 heavy (non-hydrogen) atoms. The summed E-state index contributed by atoms with van der Waals surface area (Å²) in [7, 11) is 0. The van der Waals surface area contributed by atoms with Gasteiger partial charge in [0.2, 0.25) is 0 Å². The Morgan fingerprint density at radius 1 is 1.09 bits per heavy atom. The highest BCUT2D eigenvalue weighted by molar-refractivity contribution is 7.11. The lowest BCUT2D eigenvalue weighted by Gasteiger charge is -2.16.